The summed E-state index contributed by atoms with van der Waals surface area (Å²) in [6.07, 6.45) is 0.181. The number of alkyl halides is 1. The van der Waals surface area contributed by atoms with E-state index in [-0.39, 0.29) is 29.6 Å². The number of hydrogen-bond acceptors (Lipinski definition) is 5. The van der Waals surface area contributed by atoms with Gasteiger partial charge in [-0.1, -0.05) is 41.6 Å². The van der Waals surface area contributed by atoms with E-state index in [9.17, 15) is 19.8 Å². The van der Waals surface area contributed by atoms with Crippen LogP contribution >= 0.6 is 47.2 Å². The summed E-state index contributed by atoms with van der Waals surface area (Å²) in [4.78, 5) is 24.3. The van der Waals surface area contributed by atoms with Gasteiger partial charge in [0.15, 0.2) is 0 Å². The fourth-order valence-corrected chi connectivity index (χ4v) is 5.37. The van der Waals surface area contributed by atoms with Crippen LogP contribution < -0.4 is 0 Å². The zero-order chi connectivity index (χ0) is 16.9. The molecule has 1 aromatic rings. The van der Waals surface area contributed by atoms with Crippen LogP contribution in [0.5, 0.6) is 5.75 Å². The van der Waals surface area contributed by atoms with Gasteiger partial charge >= 0.3 is 5.97 Å². The highest BCUT2D eigenvalue weighted by molar-refractivity contribution is 8.24. The Hall–Kier alpha value is -1.02. The van der Waals surface area contributed by atoms with Crippen molar-refractivity contribution in [3.05, 3.63) is 28.8 Å². The highest BCUT2D eigenvalue weighted by Crippen LogP contribution is 2.53. The number of benzene rings is 1. The van der Waals surface area contributed by atoms with Gasteiger partial charge in [0.25, 0.3) is 0 Å². The Bertz CT molecular complexity index is 729. The quantitative estimate of drug-likeness (QED) is 0.596. The number of nitrogens with zero attached hydrogens (tertiary/aromatic N) is 1. The second-order valence-electron chi connectivity index (χ2n) is 5.37. The predicted octanol–water partition coefficient (Wildman–Crippen LogP) is 2.81. The second kappa shape index (κ2) is 5.81. The van der Waals surface area contributed by atoms with Crippen molar-refractivity contribution in [2.45, 2.75) is 16.5 Å². The molecule has 0 aliphatic carbocycles. The van der Waals surface area contributed by atoms with E-state index in [4.69, 9.17) is 35.4 Å². The zero-order valence-corrected chi connectivity index (χ0v) is 14.7. The molecule has 2 aliphatic rings. The minimum absolute atomic E-state index is 0.0470. The summed E-state index contributed by atoms with van der Waals surface area (Å²) in [5.41, 5.74) is 0.381. The third kappa shape index (κ3) is 2.50. The van der Waals surface area contributed by atoms with Crippen molar-refractivity contribution in [2.75, 3.05) is 6.54 Å². The fourth-order valence-electron chi connectivity index (χ4n) is 2.97. The summed E-state index contributed by atoms with van der Waals surface area (Å²) in [6.45, 7) is 0.221. The number of carboxylic acids is 1. The molecule has 0 saturated carbocycles. The van der Waals surface area contributed by atoms with Crippen LogP contribution in [0.15, 0.2) is 18.2 Å². The van der Waals surface area contributed by atoms with Gasteiger partial charge in [0.2, 0.25) is 5.91 Å². The van der Waals surface area contributed by atoms with Crippen LogP contribution in [0, 0.1) is 5.92 Å². The van der Waals surface area contributed by atoms with Crippen molar-refractivity contribution in [1.29, 1.82) is 0 Å². The van der Waals surface area contributed by atoms with Crippen LogP contribution in [0.1, 0.15) is 12.0 Å². The molecule has 2 aliphatic heterocycles. The number of hydrogen-bond donors (Lipinski definition) is 2. The van der Waals surface area contributed by atoms with Gasteiger partial charge in [-0.25, -0.2) is 0 Å². The Morgan fingerprint density at radius 2 is 2.17 bits per heavy atom. The summed E-state index contributed by atoms with van der Waals surface area (Å²) >= 11 is 19.0. The first-order valence-electron chi connectivity index (χ1n) is 6.69. The topological polar surface area (TPSA) is 77.8 Å². The molecule has 3 unspecified atom stereocenters. The number of carboxylic acid groups (broad SMARTS) is 1. The highest BCUT2D eigenvalue weighted by atomic mass is 35.5. The third-order valence-corrected chi connectivity index (χ3v) is 7.02. The maximum absolute atomic E-state index is 12.6. The second-order valence-corrected chi connectivity index (χ2v) is 8.14. The Balaban J connectivity index is 2.19. The molecule has 2 N–H and O–H groups in total. The molecule has 2 heterocycles. The van der Waals surface area contributed by atoms with Gasteiger partial charge in [-0.15, -0.1) is 11.6 Å². The number of rotatable bonds is 2. The molecule has 0 radical (unpaired) electrons. The van der Waals surface area contributed by atoms with E-state index in [1.54, 1.807) is 0 Å². The number of carbonyl (C=O) groups is 2. The average molecular weight is 392 g/mol. The third-order valence-electron chi connectivity index (χ3n) is 4.15. The lowest BCUT2D eigenvalue weighted by molar-refractivity contribution is -0.143. The first kappa shape index (κ1) is 16.8. The molecule has 9 heteroatoms. The van der Waals surface area contributed by atoms with Crippen LogP contribution in [-0.4, -0.2) is 43.1 Å². The van der Waals surface area contributed by atoms with E-state index in [1.807, 2.05) is 0 Å². The SMILES string of the molecule is O=C(O)C1CCN2C(=O)C(SC2=S)C1(Cl)c1ccc(O)c(Cl)c1. The van der Waals surface area contributed by atoms with Gasteiger partial charge in [0.05, 0.1) is 10.9 Å². The van der Waals surface area contributed by atoms with E-state index >= 15 is 0 Å². The first-order chi connectivity index (χ1) is 10.8. The van der Waals surface area contributed by atoms with Crippen LogP contribution in [0.25, 0.3) is 0 Å². The number of aliphatic carboxylic acids is 1. The zero-order valence-electron chi connectivity index (χ0n) is 11.5. The maximum Gasteiger partial charge on any atom is 0.308 e. The molecule has 1 aromatic carbocycles. The van der Waals surface area contributed by atoms with Crippen molar-refractivity contribution in [1.82, 2.24) is 4.90 Å². The number of phenols is 1. The molecule has 3 atom stereocenters. The average Bonchev–Trinajstić information content (AvgIpc) is 2.70. The van der Waals surface area contributed by atoms with E-state index < -0.39 is 22.0 Å². The highest BCUT2D eigenvalue weighted by Gasteiger charge is 2.59. The molecule has 3 rings (SSSR count). The van der Waals surface area contributed by atoms with Crippen molar-refractivity contribution in [2.24, 2.45) is 5.92 Å². The minimum Gasteiger partial charge on any atom is -0.506 e. The lowest BCUT2D eigenvalue weighted by atomic mass is 9.81. The van der Waals surface area contributed by atoms with Gasteiger partial charge in [0.1, 0.15) is 20.2 Å². The van der Waals surface area contributed by atoms with E-state index in [0.29, 0.717) is 9.88 Å². The Morgan fingerprint density at radius 1 is 1.48 bits per heavy atom. The maximum atomic E-state index is 12.6. The predicted molar refractivity (Wildman–Crippen MR) is 92.1 cm³/mol. The summed E-state index contributed by atoms with van der Waals surface area (Å²) < 4.78 is 0.402. The number of thioether (sulfide) groups is 1. The molecule has 122 valence electrons. The Morgan fingerprint density at radius 3 is 2.78 bits per heavy atom. The van der Waals surface area contributed by atoms with Gasteiger partial charge < -0.3 is 10.2 Å². The number of aromatic hydroxyl groups is 1. The molecular formula is C14H11Cl2NO4S2. The molecule has 2 bridgehead atoms. The summed E-state index contributed by atoms with van der Waals surface area (Å²) in [6, 6.07) is 4.24. The van der Waals surface area contributed by atoms with Crippen molar-refractivity contribution >= 4 is 63.4 Å². The van der Waals surface area contributed by atoms with Gasteiger partial charge in [-0.2, -0.15) is 0 Å². The molecule has 1 amide bonds. The first-order valence-corrected chi connectivity index (χ1v) is 8.74. The normalized spacial score (nSPS) is 30.4. The number of fused-ring (bicyclic) bond motifs is 2. The molecule has 23 heavy (non-hydrogen) atoms. The number of phenolic OH excluding ortho intramolecular Hbond substituents is 1. The molecular weight excluding hydrogens is 381 g/mol. The smallest absolute Gasteiger partial charge is 0.308 e. The molecule has 5 nitrogen and oxygen atoms in total. The summed E-state index contributed by atoms with van der Waals surface area (Å²) in [5, 5.41) is 18.4. The van der Waals surface area contributed by atoms with Crippen LogP contribution in [0.2, 0.25) is 5.02 Å². The van der Waals surface area contributed by atoms with Crippen molar-refractivity contribution < 1.29 is 19.8 Å². The Labute approximate surface area is 151 Å². The number of carbonyl (C=O) groups excluding carboxylic acids is 1. The van der Waals surface area contributed by atoms with E-state index in [1.165, 1.54) is 23.1 Å². The van der Waals surface area contributed by atoms with Crippen molar-refractivity contribution in [3.8, 4) is 5.75 Å². The van der Waals surface area contributed by atoms with Crippen LogP contribution in [0.4, 0.5) is 0 Å². The van der Waals surface area contributed by atoms with Gasteiger partial charge in [-0.05, 0) is 24.1 Å². The van der Waals surface area contributed by atoms with Crippen LogP contribution in [0.3, 0.4) is 0 Å². The Kier molecular flexibility index (Phi) is 4.25. The van der Waals surface area contributed by atoms with Crippen molar-refractivity contribution in [3.63, 3.8) is 0 Å². The fraction of sp³-hybridized carbons (Fsp3) is 0.357. The van der Waals surface area contributed by atoms with E-state index in [0.717, 1.165) is 11.8 Å². The number of amides is 1. The van der Waals surface area contributed by atoms with E-state index in [2.05, 4.69) is 0 Å². The molecule has 2 fully saturated rings. The lowest BCUT2D eigenvalue weighted by Crippen LogP contribution is -2.44. The molecule has 0 aromatic heterocycles. The molecule has 2 saturated heterocycles. The van der Waals surface area contributed by atoms with Crippen LogP contribution in [-0.2, 0) is 14.5 Å². The standard InChI is InChI=1S/C14H11Cl2NO4S2/c15-8-5-6(1-2-9(8)18)14(16)7(12(20)21)3-4-17-11(19)10(14)23-13(17)22/h1-2,5,7,10,18H,3-4H2,(H,20,21). The number of halogens is 2. The monoisotopic (exact) mass is 391 g/mol. The lowest BCUT2D eigenvalue weighted by Gasteiger charge is -2.35. The van der Waals surface area contributed by atoms with Gasteiger partial charge in [0, 0.05) is 6.54 Å². The summed E-state index contributed by atoms with van der Waals surface area (Å²) in [7, 11) is 0. The largest absolute Gasteiger partial charge is 0.506 e. The molecule has 0 spiro atoms. The minimum atomic E-state index is -1.50. The van der Waals surface area contributed by atoms with Gasteiger partial charge in [-0.3, -0.25) is 14.5 Å². The number of thiocarbonyl (C=S) groups is 1. The summed E-state index contributed by atoms with van der Waals surface area (Å²) in [5.74, 6) is -2.50.